The first-order valence-electron chi connectivity index (χ1n) is 6.02. The molecule has 3 heterocycles. The number of thiophene rings is 1. The van der Waals surface area contributed by atoms with Gasteiger partial charge in [-0.2, -0.15) is 0 Å². The van der Waals surface area contributed by atoms with E-state index < -0.39 is 6.09 Å². The summed E-state index contributed by atoms with van der Waals surface area (Å²) in [5.74, 6) is 0.341. The fourth-order valence-corrected chi connectivity index (χ4v) is 3.83. The first kappa shape index (κ1) is 12.6. The highest BCUT2D eigenvalue weighted by molar-refractivity contribution is 7.17. The average molecular weight is 298 g/mol. The van der Waals surface area contributed by atoms with Crippen LogP contribution < -0.4 is 0 Å². The summed E-state index contributed by atoms with van der Waals surface area (Å²) < 4.78 is 0. The second-order valence-corrected chi connectivity index (χ2v) is 5.80. The van der Waals surface area contributed by atoms with Crippen molar-refractivity contribution in [3.05, 3.63) is 22.4 Å². The molecule has 0 saturated carbocycles. The largest absolute Gasteiger partial charge is 0.465 e. The SMILES string of the molecule is O=C(O)N1CCC(c2csc3ncnc(Cl)c23)CC1. The van der Waals surface area contributed by atoms with Crippen LogP contribution in [-0.2, 0) is 0 Å². The van der Waals surface area contributed by atoms with Gasteiger partial charge in [0.05, 0.1) is 5.39 Å². The van der Waals surface area contributed by atoms with Gasteiger partial charge in [0, 0.05) is 13.1 Å². The lowest BCUT2D eigenvalue weighted by Gasteiger charge is -2.29. The third-order valence-electron chi connectivity index (χ3n) is 3.56. The summed E-state index contributed by atoms with van der Waals surface area (Å²) in [6, 6.07) is 0. The van der Waals surface area contributed by atoms with Crippen LogP contribution in [0.15, 0.2) is 11.7 Å². The van der Waals surface area contributed by atoms with Gasteiger partial charge in [-0.3, -0.25) is 0 Å². The molecule has 100 valence electrons. The Kier molecular flexibility index (Phi) is 3.28. The summed E-state index contributed by atoms with van der Waals surface area (Å²) in [6.45, 7) is 1.14. The number of hydrogen-bond acceptors (Lipinski definition) is 4. The van der Waals surface area contributed by atoms with Gasteiger partial charge in [0.2, 0.25) is 0 Å². The van der Waals surface area contributed by atoms with Crippen molar-refractivity contribution in [2.45, 2.75) is 18.8 Å². The maximum atomic E-state index is 10.9. The van der Waals surface area contributed by atoms with Crippen molar-refractivity contribution in [3.8, 4) is 0 Å². The number of likely N-dealkylation sites (tertiary alicyclic amines) is 1. The van der Waals surface area contributed by atoms with Gasteiger partial charge in [-0.25, -0.2) is 14.8 Å². The number of halogens is 1. The summed E-state index contributed by atoms with van der Waals surface area (Å²) in [5.41, 5.74) is 1.16. The molecule has 1 amide bonds. The molecule has 5 nitrogen and oxygen atoms in total. The van der Waals surface area contributed by atoms with Crippen molar-refractivity contribution < 1.29 is 9.90 Å². The minimum absolute atomic E-state index is 0.341. The van der Waals surface area contributed by atoms with Crippen molar-refractivity contribution >= 4 is 39.2 Å². The van der Waals surface area contributed by atoms with E-state index in [0.29, 0.717) is 24.2 Å². The van der Waals surface area contributed by atoms with Crippen LogP contribution >= 0.6 is 22.9 Å². The van der Waals surface area contributed by atoms with Crippen molar-refractivity contribution in [2.24, 2.45) is 0 Å². The summed E-state index contributed by atoms with van der Waals surface area (Å²) in [4.78, 5) is 21.5. The number of fused-ring (bicyclic) bond motifs is 1. The van der Waals surface area contributed by atoms with E-state index in [2.05, 4.69) is 15.3 Å². The Morgan fingerprint density at radius 2 is 2.16 bits per heavy atom. The van der Waals surface area contributed by atoms with Crippen LogP contribution in [0.1, 0.15) is 24.3 Å². The Morgan fingerprint density at radius 1 is 1.42 bits per heavy atom. The zero-order chi connectivity index (χ0) is 13.4. The molecule has 0 spiro atoms. The van der Waals surface area contributed by atoms with Crippen LogP contribution in [0.4, 0.5) is 4.79 Å². The van der Waals surface area contributed by atoms with Gasteiger partial charge in [0.25, 0.3) is 0 Å². The van der Waals surface area contributed by atoms with Gasteiger partial charge >= 0.3 is 6.09 Å². The molecule has 3 rings (SSSR count). The van der Waals surface area contributed by atoms with Crippen LogP contribution in [0, 0.1) is 0 Å². The van der Waals surface area contributed by atoms with Crippen LogP contribution in [0.2, 0.25) is 5.15 Å². The van der Waals surface area contributed by atoms with E-state index in [0.717, 1.165) is 28.6 Å². The molecular weight excluding hydrogens is 286 g/mol. The van der Waals surface area contributed by atoms with Gasteiger partial charge in [0.1, 0.15) is 16.3 Å². The molecule has 7 heteroatoms. The smallest absolute Gasteiger partial charge is 0.407 e. The van der Waals surface area contributed by atoms with Crippen molar-refractivity contribution in [2.75, 3.05) is 13.1 Å². The topological polar surface area (TPSA) is 66.3 Å². The fourth-order valence-electron chi connectivity index (χ4n) is 2.54. The Bertz CT molecular complexity index is 622. The lowest BCUT2D eigenvalue weighted by Crippen LogP contribution is -2.36. The molecule has 1 fully saturated rings. The summed E-state index contributed by atoms with van der Waals surface area (Å²) >= 11 is 7.72. The van der Waals surface area contributed by atoms with Gasteiger partial charge in [-0.1, -0.05) is 11.6 Å². The normalized spacial score (nSPS) is 17.0. The van der Waals surface area contributed by atoms with Crippen LogP contribution in [0.25, 0.3) is 10.2 Å². The highest BCUT2D eigenvalue weighted by Gasteiger charge is 2.26. The van der Waals surface area contributed by atoms with Gasteiger partial charge in [0.15, 0.2) is 0 Å². The predicted octanol–water partition coefficient (Wildman–Crippen LogP) is 3.20. The van der Waals surface area contributed by atoms with Crippen molar-refractivity contribution in [3.63, 3.8) is 0 Å². The van der Waals surface area contributed by atoms with Crippen LogP contribution in [0.5, 0.6) is 0 Å². The van der Waals surface area contributed by atoms with E-state index in [9.17, 15) is 4.79 Å². The molecule has 0 radical (unpaired) electrons. The number of carboxylic acid groups (broad SMARTS) is 1. The Labute approximate surface area is 118 Å². The average Bonchev–Trinajstić information content (AvgIpc) is 2.84. The molecule has 0 atom stereocenters. The molecule has 1 N–H and O–H groups in total. The van der Waals surface area contributed by atoms with Crippen LogP contribution in [0.3, 0.4) is 0 Å². The molecular formula is C12H12ClN3O2S. The van der Waals surface area contributed by atoms with E-state index in [1.807, 2.05) is 0 Å². The molecule has 0 aliphatic carbocycles. The van der Waals surface area contributed by atoms with E-state index in [4.69, 9.17) is 16.7 Å². The summed E-state index contributed by atoms with van der Waals surface area (Å²) in [6.07, 6.45) is 2.28. The maximum Gasteiger partial charge on any atom is 0.407 e. The lowest BCUT2D eigenvalue weighted by molar-refractivity contribution is 0.132. The van der Waals surface area contributed by atoms with Crippen LogP contribution in [-0.4, -0.2) is 39.2 Å². The number of carbonyl (C=O) groups is 1. The minimum atomic E-state index is -0.838. The third-order valence-corrected chi connectivity index (χ3v) is 4.75. The summed E-state index contributed by atoms with van der Waals surface area (Å²) in [7, 11) is 0. The monoisotopic (exact) mass is 297 g/mol. The standard InChI is InChI=1S/C12H12ClN3O2S/c13-10-9-8(5-19-11(9)15-6-14-10)7-1-3-16(4-2-7)12(17)18/h5-7H,1-4H2,(H,17,18). The lowest BCUT2D eigenvalue weighted by atomic mass is 9.90. The Morgan fingerprint density at radius 3 is 2.84 bits per heavy atom. The summed E-state index contributed by atoms with van der Waals surface area (Å²) in [5, 5.41) is 12.5. The molecule has 1 saturated heterocycles. The molecule has 19 heavy (non-hydrogen) atoms. The van der Waals surface area contributed by atoms with Gasteiger partial charge < -0.3 is 10.0 Å². The third kappa shape index (κ3) is 2.26. The van der Waals surface area contributed by atoms with E-state index >= 15 is 0 Å². The zero-order valence-electron chi connectivity index (χ0n) is 10.0. The van der Waals surface area contributed by atoms with E-state index in [1.54, 1.807) is 11.3 Å². The predicted molar refractivity (Wildman–Crippen MR) is 74.0 cm³/mol. The highest BCUT2D eigenvalue weighted by atomic mass is 35.5. The number of rotatable bonds is 1. The first-order chi connectivity index (χ1) is 9.16. The molecule has 2 aromatic heterocycles. The minimum Gasteiger partial charge on any atom is -0.465 e. The quantitative estimate of drug-likeness (QED) is 0.821. The number of aromatic nitrogens is 2. The first-order valence-corrected chi connectivity index (χ1v) is 7.28. The van der Waals surface area contributed by atoms with Crippen molar-refractivity contribution in [1.29, 1.82) is 0 Å². The van der Waals surface area contributed by atoms with Gasteiger partial charge in [-0.05, 0) is 29.7 Å². The number of amides is 1. The molecule has 0 aromatic carbocycles. The Hall–Kier alpha value is -1.40. The maximum absolute atomic E-state index is 10.9. The van der Waals surface area contributed by atoms with Gasteiger partial charge in [-0.15, -0.1) is 11.3 Å². The number of hydrogen-bond donors (Lipinski definition) is 1. The second-order valence-electron chi connectivity index (χ2n) is 4.58. The molecule has 2 aromatic rings. The molecule has 0 unspecified atom stereocenters. The van der Waals surface area contributed by atoms with Crippen molar-refractivity contribution in [1.82, 2.24) is 14.9 Å². The Balaban J connectivity index is 1.88. The second kappa shape index (κ2) is 4.94. The zero-order valence-corrected chi connectivity index (χ0v) is 11.6. The number of nitrogens with zero attached hydrogens (tertiary/aromatic N) is 3. The molecule has 1 aliphatic rings. The fraction of sp³-hybridized carbons (Fsp3) is 0.417. The number of piperidine rings is 1. The molecule has 1 aliphatic heterocycles. The highest BCUT2D eigenvalue weighted by Crippen LogP contribution is 2.38. The van der Waals surface area contributed by atoms with E-state index in [-0.39, 0.29) is 0 Å². The van der Waals surface area contributed by atoms with E-state index in [1.165, 1.54) is 11.2 Å². The molecule has 0 bridgehead atoms.